The lowest BCUT2D eigenvalue weighted by Crippen LogP contribution is -2.49. The molecule has 1 aliphatic rings. The summed E-state index contributed by atoms with van der Waals surface area (Å²) in [5, 5.41) is 2.60. The number of hydrogen-bond donors (Lipinski definition) is 0. The maximum Gasteiger partial charge on any atom is 0.273 e. The predicted octanol–water partition coefficient (Wildman–Crippen LogP) is 2.01. The molecular weight excluding hydrogens is 398 g/mol. The molecule has 152 valence electrons. The highest BCUT2D eigenvalue weighted by Gasteiger charge is 2.24. The van der Waals surface area contributed by atoms with Crippen molar-refractivity contribution >= 4 is 27.1 Å². The zero-order chi connectivity index (χ0) is 20.1. The number of carbonyl (C=O) groups excluding carboxylic acids is 1. The van der Waals surface area contributed by atoms with Crippen LogP contribution in [-0.2, 0) is 9.84 Å². The molecule has 2 heterocycles. The summed E-state index contributed by atoms with van der Waals surface area (Å²) < 4.78 is 28.0. The van der Waals surface area contributed by atoms with Crippen molar-refractivity contribution < 1.29 is 17.9 Å². The number of hydrogen-bond acceptors (Lipinski definition) is 7. The highest BCUT2D eigenvalue weighted by molar-refractivity contribution is 7.90. The molecule has 1 aliphatic heterocycles. The highest BCUT2D eigenvalue weighted by atomic mass is 32.2. The third kappa shape index (κ3) is 5.52. The summed E-state index contributed by atoms with van der Waals surface area (Å²) in [6.45, 7) is 5.60. The van der Waals surface area contributed by atoms with Crippen molar-refractivity contribution in [3.63, 3.8) is 0 Å². The number of rotatable bonds is 7. The number of amides is 1. The van der Waals surface area contributed by atoms with E-state index in [2.05, 4.69) is 9.88 Å². The van der Waals surface area contributed by atoms with E-state index in [1.807, 2.05) is 31.2 Å². The Morgan fingerprint density at radius 1 is 1.18 bits per heavy atom. The van der Waals surface area contributed by atoms with E-state index in [-0.39, 0.29) is 11.7 Å². The average Bonchev–Trinajstić information content (AvgIpc) is 3.17. The molecule has 9 heteroatoms. The van der Waals surface area contributed by atoms with E-state index in [9.17, 15) is 13.2 Å². The van der Waals surface area contributed by atoms with Crippen molar-refractivity contribution in [1.82, 2.24) is 14.8 Å². The molecule has 28 heavy (non-hydrogen) atoms. The molecule has 2 aromatic rings. The van der Waals surface area contributed by atoms with Gasteiger partial charge in [0.1, 0.15) is 26.3 Å². The van der Waals surface area contributed by atoms with Crippen LogP contribution in [0.4, 0.5) is 0 Å². The first-order valence-corrected chi connectivity index (χ1v) is 12.2. The van der Waals surface area contributed by atoms with Gasteiger partial charge in [-0.1, -0.05) is 0 Å². The van der Waals surface area contributed by atoms with E-state index in [0.29, 0.717) is 45.0 Å². The molecule has 7 nitrogen and oxygen atoms in total. The zero-order valence-corrected chi connectivity index (χ0v) is 17.8. The van der Waals surface area contributed by atoms with Crippen molar-refractivity contribution in [2.75, 3.05) is 51.3 Å². The summed E-state index contributed by atoms with van der Waals surface area (Å²) in [5.74, 6) is 0.891. The number of thiazole rings is 1. The van der Waals surface area contributed by atoms with Gasteiger partial charge in [0.15, 0.2) is 0 Å². The van der Waals surface area contributed by atoms with Crippen LogP contribution in [-0.4, -0.2) is 80.4 Å². The number of aromatic nitrogens is 1. The maximum absolute atomic E-state index is 12.7. The summed E-state index contributed by atoms with van der Waals surface area (Å²) >= 11 is 1.45. The fourth-order valence-electron chi connectivity index (χ4n) is 3.00. The molecule has 0 bridgehead atoms. The van der Waals surface area contributed by atoms with Crippen molar-refractivity contribution in [1.29, 1.82) is 0 Å². The van der Waals surface area contributed by atoms with Gasteiger partial charge in [-0.15, -0.1) is 11.3 Å². The Labute approximate surface area is 169 Å². The van der Waals surface area contributed by atoms with Gasteiger partial charge >= 0.3 is 0 Å². The van der Waals surface area contributed by atoms with E-state index in [1.54, 1.807) is 10.3 Å². The number of piperazine rings is 1. The van der Waals surface area contributed by atoms with Crippen molar-refractivity contribution in [3.05, 3.63) is 35.3 Å². The first-order valence-electron chi connectivity index (χ1n) is 9.24. The fourth-order valence-corrected chi connectivity index (χ4v) is 4.39. The van der Waals surface area contributed by atoms with Crippen LogP contribution in [0, 0.1) is 0 Å². The maximum atomic E-state index is 12.7. The van der Waals surface area contributed by atoms with Gasteiger partial charge in [0.05, 0.1) is 12.4 Å². The normalized spacial score (nSPS) is 15.6. The summed E-state index contributed by atoms with van der Waals surface area (Å²) in [6, 6.07) is 7.69. The van der Waals surface area contributed by atoms with Crippen LogP contribution in [0.1, 0.15) is 17.4 Å². The van der Waals surface area contributed by atoms with Gasteiger partial charge in [-0.3, -0.25) is 9.69 Å². The molecule has 0 aliphatic carbocycles. The molecule has 3 rings (SSSR count). The van der Waals surface area contributed by atoms with Crippen LogP contribution in [0.15, 0.2) is 29.6 Å². The summed E-state index contributed by atoms with van der Waals surface area (Å²) in [5.41, 5.74) is 1.41. The molecule has 1 aromatic carbocycles. The topological polar surface area (TPSA) is 79.8 Å². The molecule has 1 amide bonds. The average molecular weight is 424 g/mol. The second kappa shape index (κ2) is 9.02. The molecule has 0 saturated carbocycles. The van der Waals surface area contributed by atoms with Crippen molar-refractivity contribution in [2.24, 2.45) is 0 Å². The van der Waals surface area contributed by atoms with Gasteiger partial charge in [-0.25, -0.2) is 13.4 Å². The first-order chi connectivity index (χ1) is 13.4. The zero-order valence-electron chi connectivity index (χ0n) is 16.1. The number of carbonyl (C=O) groups is 1. The number of nitrogens with zero attached hydrogens (tertiary/aromatic N) is 3. The Kier molecular flexibility index (Phi) is 6.69. The predicted molar refractivity (Wildman–Crippen MR) is 111 cm³/mol. The Bertz CT molecular complexity index is 902. The van der Waals surface area contributed by atoms with Gasteiger partial charge in [-0.2, -0.15) is 0 Å². The molecular formula is C19H25N3O4S2. The van der Waals surface area contributed by atoms with Gasteiger partial charge < -0.3 is 9.64 Å². The van der Waals surface area contributed by atoms with E-state index < -0.39 is 9.84 Å². The minimum absolute atomic E-state index is 0.0730. The standard InChI is InChI=1S/C19H25N3O4S2/c1-3-26-16-6-4-15(5-7-16)18-20-17(14-27-18)19(23)22-10-8-21(9-11-22)12-13-28(2,24)25/h4-7,14H,3,8-13H2,1-2H3. The Balaban J connectivity index is 1.57. The first kappa shape index (κ1) is 20.8. The monoisotopic (exact) mass is 423 g/mol. The second-order valence-corrected chi connectivity index (χ2v) is 9.88. The van der Waals surface area contributed by atoms with Gasteiger partial charge in [0.2, 0.25) is 0 Å². The van der Waals surface area contributed by atoms with Gasteiger partial charge in [0.25, 0.3) is 5.91 Å². The molecule has 1 aromatic heterocycles. The molecule has 0 atom stereocenters. The highest BCUT2D eigenvalue weighted by Crippen LogP contribution is 2.26. The molecule has 0 spiro atoms. The van der Waals surface area contributed by atoms with E-state index in [1.165, 1.54) is 17.6 Å². The fraction of sp³-hybridized carbons (Fsp3) is 0.474. The molecule has 0 N–H and O–H groups in total. The van der Waals surface area contributed by atoms with Crippen LogP contribution in [0.2, 0.25) is 0 Å². The molecule has 0 radical (unpaired) electrons. The third-order valence-corrected chi connectivity index (χ3v) is 6.39. The summed E-state index contributed by atoms with van der Waals surface area (Å²) in [7, 11) is -2.96. The lowest BCUT2D eigenvalue weighted by atomic mass is 10.2. The van der Waals surface area contributed by atoms with Gasteiger partial charge in [0, 0.05) is 49.9 Å². The Hall–Kier alpha value is -1.97. The lowest BCUT2D eigenvalue weighted by Gasteiger charge is -2.34. The largest absolute Gasteiger partial charge is 0.494 e. The number of ether oxygens (including phenoxy) is 1. The van der Waals surface area contributed by atoms with E-state index in [4.69, 9.17) is 4.74 Å². The SMILES string of the molecule is CCOc1ccc(-c2nc(C(=O)N3CCN(CCS(C)(=O)=O)CC3)cs2)cc1. The second-order valence-electron chi connectivity index (χ2n) is 6.76. The van der Waals surface area contributed by atoms with Crippen molar-refractivity contribution in [2.45, 2.75) is 6.92 Å². The number of benzene rings is 1. The van der Waals surface area contributed by atoms with Gasteiger partial charge in [-0.05, 0) is 31.2 Å². The summed E-state index contributed by atoms with van der Waals surface area (Å²) in [6.07, 6.45) is 1.25. The summed E-state index contributed by atoms with van der Waals surface area (Å²) in [4.78, 5) is 21.1. The number of sulfone groups is 1. The van der Waals surface area contributed by atoms with Crippen LogP contribution >= 0.6 is 11.3 Å². The van der Waals surface area contributed by atoms with Crippen LogP contribution in [0.25, 0.3) is 10.6 Å². The lowest BCUT2D eigenvalue weighted by molar-refractivity contribution is 0.0639. The van der Waals surface area contributed by atoms with Crippen LogP contribution in [0.5, 0.6) is 5.75 Å². The van der Waals surface area contributed by atoms with Crippen LogP contribution in [0.3, 0.4) is 0 Å². The van der Waals surface area contributed by atoms with E-state index >= 15 is 0 Å². The van der Waals surface area contributed by atoms with Crippen LogP contribution < -0.4 is 4.74 Å². The molecule has 1 fully saturated rings. The third-order valence-electron chi connectivity index (χ3n) is 4.57. The quantitative estimate of drug-likeness (QED) is 0.678. The molecule has 1 saturated heterocycles. The minimum Gasteiger partial charge on any atom is -0.494 e. The Morgan fingerprint density at radius 2 is 1.86 bits per heavy atom. The van der Waals surface area contributed by atoms with Crippen molar-refractivity contribution in [3.8, 4) is 16.3 Å². The smallest absolute Gasteiger partial charge is 0.273 e. The minimum atomic E-state index is -2.96. The Morgan fingerprint density at radius 3 is 2.46 bits per heavy atom. The molecule has 0 unspecified atom stereocenters. The van der Waals surface area contributed by atoms with E-state index in [0.717, 1.165) is 16.3 Å².